The van der Waals surface area contributed by atoms with Crippen LogP contribution in [0.1, 0.15) is 37.2 Å². The number of benzene rings is 1. The number of hydrogen-bond donors (Lipinski definition) is 3. The minimum atomic E-state index is -0.457. The quantitative estimate of drug-likeness (QED) is 0.604. The first kappa shape index (κ1) is 19.9. The SMILES string of the molecule is CC1(C)CC(Oc2nccc3cc(NC(=O)c4ncccc4N)cc(O)c23)CCO1. The van der Waals surface area contributed by atoms with Crippen LogP contribution in [0.2, 0.25) is 0 Å². The third kappa shape index (κ3) is 4.13. The largest absolute Gasteiger partial charge is 0.507 e. The lowest BCUT2D eigenvalue weighted by molar-refractivity contribution is -0.0901. The maximum Gasteiger partial charge on any atom is 0.276 e. The predicted molar refractivity (Wildman–Crippen MR) is 114 cm³/mol. The number of nitrogens with zero attached hydrogens (tertiary/aromatic N) is 2. The molecule has 0 spiro atoms. The molecule has 0 bridgehead atoms. The van der Waals surface area contributed by atoms with Crippen LogP contribution in [0.5, 0.6) is 11.6 Å². The average molecular weight is 408 g/mol. The number of nitrogens with one attached hydrogen (secondary N) is 1. The van der Waals surface area contributed by atoms with E-state index in [0.717, 1.165) is 12.8 Å². The highest BCUT2D eigenvalue weighted by Crippen LogP contribution is 2.36. The third-order valence-corrected chi connectivity index (χ3v) is 5.05. The van der Waals surface area contributed by atoms with Crippen molar-refractivity contribution in [3.63, 3.8) is 0 Å². The van der Waals surface area contributed by atoms with E-state index in [-0.39, 0.29) is 28.8 Å². The van der Waals surface area contributed by atoms with Crippen molar-refractivity contribution in [3.05, 3.63) is 48.4 Å². The summed E-state index contributed by atoms with van der Waals surface area (Å²) in [4.78, 5) is 20.8. The number of phenolic OH excluding ortho intramolecular Hbond substituents is 1. The number of rotatable bonds is 4. The summed E-state index contributed by atoms with van der Waals surface area (Å²) in [5, 5.41) is 14.6. The molecule has 156 valence electrons. The molecule has 8 heteroatoms. The number of aromatic nitrogens is 2. The number of anilines is 2. The molecule has 1 aromatic carbocycles. The summed E-state index contributed by atoms with van der Waals surface area (Å²) in [5.41, 5.74) is 6.37. The Kier molecular flexibility index (Phi) is 5.17. The molecule has 0 saturated carbocycles. The van der Waals surface area contributed by atoms with Crippen LogP contribution in [-0.2, 0) is 4.74 Å². The smallest absolute Gasteiger partial charge is 0.276 e. The van der Waals surface area contributed by atoms with Gasteiger partial charge in [-0.2, -0.15) is 0 Å². The zero-order valence-corrected chi connectivity index (χ0v) is 16.9. The molecule has 4 rings (SSSR count). The van der Waals surface area contributed by atoms with Gasteiger partial charge in [0.2, 0.25) is 5.88 Å². The van der Waals surface area contributed by atoms with Gasteiger partial charge in [-0.3, -0.25) is 4.79 Å². The van der Waals surface area contributed by atoms with E-state index in [0.29, 0.717) is 28.9 Å². The first-order valence-electron chi connectivity index (χ1n) is 9.76. The highest BCUT2D eigenvalue weighted by atomic mass is 16.5. The van der Waals surface area contributed by atoms with Crippen molar-refractivity contribution in [2.75, 3.05) is 17.7 Å². The van der Waals surface area contributed by atoms with Gasteiger partial charge in [-0.1, -0.05) is 0 Å². The molecule has 8 nitrogen and oxygen atoms in total. The van der Waals surface area contributed by atoms with Crippen LogP contribution in [0.15, 0.2) is 42.7 Å². The van der Waals surface area contributed by atoms with Gasteiger partial charge in [0.25, 0.3) is 5.91 Å². The maximum atomic E-state index is 12.5. The van der Waals surface area contributed by atoms with Crippen LogP contribution in [0.4, 0.5) is 11.4 Å². The van der Waals surface area contributed by atoms with Crippen molar-refractivity contribution in [1.82, 2.24) is 9.97 Å². The molecule has 2 aromatic heterocycles. The third-order valence-electron chi connectivity index (χ3n) is 5.05. The van der Waals surface area contributed by atoms with Gasteiger partial charge in [0.1, 0.15) is 11.9 Å². The minimum Gasteiger partial charge on any atom is -0.507 e. The standard InChI is InChI=1S/C22H24N4O4/c1-22(2)12-15(6-9-29-22)30-21-18-13(5-8-25-21)10-14(11-17(18)27)26-20(28)19-16(23)4-3-7-24-19/h3-5,7-8,10-11,15,27H,6,9,12,23H2,1-2H3,(H,26,28). The lowest BCUT2D eigenvalue weighted by Gasteiger charge is -2.35. The number of pyridine rings is 2. The summed E-state index contributed by atoms with van der Waals surface area (Å²) in [5.74, 6) is -0.132. The Morgan fingerprint density at radius 1 is 1.30 bits per heavy atom. The summed E-state index contributed by atoms with van der Waals surface area (Å²) in [7, 11) is 0. The van der Waals surface area contributed by atoms with Crippen molar-refractivity contribution >= 4 is 28.1 Å². The molecular formula is C22H24N4O4. The van der Waals surface area contributed by atoms with Crippen LogP contribution in [0, 0.1) is 0 Å². The minimum absolute atomic E-state index is 0.0359. The molecule has 1 aliphatic rings. The van der Waals surface area contributed by atoms with Gasteiger partial charge >= 0.3 is 0 Å². The number of phenols is 1. The van der Waals surface area contributed by atoms with E-state index >= 15 is 0 Å². The predicted octanol–water partition coefficient (Wildman–Crippen LogP) is 3.51. The average Bonchev–Trinajstić information content (AvgIpc) is 2.67. The normalized spacial score (nSPS) is 18.1. The summed E-state index contributed by atoms with van der Waals surface area (Å²) in [6.45, 7) is 4.67. The van der Waals surface area contributed by atoms with Gasteiger partial charge in [0, 0.05) is 37.0 Å². The number of nitrogen functional groups attached to an aromatic ring is 1. The van der Waals surface area contributed by atoms with E-state index in [1.54, 1.807) is 30.5 Å². The Hall–Kier alpha value is -3.39. The van der Waals surface area contributed by atoms with Crippen LogP contribution in [0.25, 0.3) is 10.8 Å². The number of nitrogens with two attached hydrogens (primary N) is 1. The molecule has 0 aliphatic carbocycles. The van der Waals surface area contributed by atoms with E-state index in [1.165, 1.54) is 12.3 Å². The van der Waals surface area contributed by atoms with Gasteiger partial charge < -0.3 is 25.6 Å². The van der Waals surface area contributed by atoms with Crippen molar-refractivity contribution in [1.29, 1.82) is 0 Å². The Morgan fingerprint density at radius 3 is 2.90 bits per heavy atom. The molecule has 1 atom stereocenters. The topological polar surface area (TPSA) is 120 Å². The first-order chi connectivity index (χ1) is 14.3. The Bertz CT molecular complexity index is 1100. The zero-order chi connectivity index (χ0) is 21.3. The van der Waals surface area contributed by atoms with Crippen LogP contribution in [-0.4, -0.2) is 39.3 Å². The molecule has 30 heavy (non-hydrogen) atoms. The number of amides is 1. The molecule has 1 aliphatic heterocycles. The highest BCUT2D eigenvalue weighted by Gasteiger charge is 2.30. The van der Waals surface area contributed by atoms with E-state index in [4.69, 9.17) is 15.2 Å². The fourth-order valence-electron chi connectivity index (χ4n) is 3.66. The molecule has 4 N–H and O–H groups in total. The fourth-order valence-corrected chi connectivity index (χ4v) is 3.66. The fraction of sp³-hybridized carbons (Fsp3) is 0.318. The number of carbonyl (C=O) groups is 1. The van der Waals surface area contributed by atoms with Crippen LogP contribution < -0.4 is 15.8 Å². The number of aromatic hydroxyl groups is 1. The number of ether oxygens (including phenoxy) is 2. The Morgan fingerprint density at radius 2 is 2.13 bits per heavy atom. The number of hydrogen-bond acceptors (Lipinski definition) is 7. The van der Waals surface area contributed by atoms with Crippen LogP contribution in [0.3, 0.4) is 0 Å². The lowest BCUT2D eigenvalue weighted by Crippen LogP contribution is -2.39. The zero-order valence-electron chi connectivity index (χ0n) is 16.9. The van der Waals surface area contributed by atoms with E-state index < -0.39 is 5.91 Å². The van der Waals surface area contributed by atoms with E-state index in [1.807, 2.05) is 13.8 Å². The molecule has 1 unspecified atom stereocenters. The molecule has 1 amide bonds. The van der Waals surface area contributed by atoms with Crippen molar-refractivity contribution in [3.8, 4) is 11.6 Å². The summed E-state index contributed by atoms with van der Waals surface area (Å²) in [6.07, 6.45) is 4.53. The van der Waals surface area contributed by atoms with Gasteiger partial charge in [0.05, 0.1) is 23.3 Å². The lowest BCUT2D eigenvalue weighted by atomic mass is 9.96. The second-order valence-corrected chi connectivity index (χ2v) is 7.95. The monoisotopic (exact) mass is 408 g/mol. The first-order valence-corrected chi connectivity index (χ1v) is 9.76. The summed E-state index contributed by atoms with van der Waals surface area (Å²) < 4.78 is 11.9. The highest BCUT2D eigenvalue weighted by molar-refractivity contribution is 6.07. The Labute approximate surface area is 174 Å². The second-order valence-electron chi connectivity index (χ2n) is 7.95. The van der Waals surface area contributed by atoms with Crippen molar-refractivity contribution in [2.45, 2.75) is 38.4 Å². The molecule has 3 aromatic rings. The summed E-state index contributed by atoms with van der Waals surface area (Å²) in [6, 6.07) is 8.21. The van der Waals surface area contributed by atoms with E-state index in [9.17, 15) is 9.90 Å². The van der Waals surface area contributed by atoms with Gasteiger partial charge in [-0.05, 0) is 43.5 Å². The van der Waals surface area contributed by atoms with Crippen LogP contribution >= 0.6 is 0 Å². The van der Waals surface area contributed by atoms with E-state index in [2.05, 4.69) is 15.3 Å². The second kappa shape index (κ2) is 7.79. The molecular weight excluding hydrogens is 384 g/mol. The Balaban J connectivity index is 1.60. The molecule has 1 fully saturated rings. The van der Waals surface area contributed by atoms with Gasteiger partial charge in [-0.15, -0.1) is 0 Å². The molecule has 0 radical (unpaired) electrons. The number of fused-ring (bicyclic) bond motifs is 1. The molecule has 1 saturated heterocycles. The molecule has 3 heterocycles. The van der Waals surface area contributed by atoms with Gasteiger partial charge in [0.15, 0.2) is 5.69 Å². The number of carbonyl (C=O) groups excluding carboxylic acids is 1. The van der Waals surface area contributed by atoms with Gasteiger partial charge in [-0.25, -0.2) is 9.97 Å². The van der Waals surface area contributed by atoms with Crippen molar-refractivity contribution < 1.29 is 19.4 Å². The summed E-state index contributed by atoms with van der Waals surface area (Å²) >= 11 is 0. The van der Waals surface area contributed by atoms with Crippen molar-refractivity contribution in [2.24, 2.45) is 0 Å². The maximum absolute atomic E-state index is 12.5.